The summed E-state index contributed by atoms with van der Waals surface area (Å²) in [5.41, 5.74) is 0. The highest BCUT2D eigenvalue weighted by Crippen LogP contribution is 2.17. The van der Waals surface area contributed by atoms with Crippen molar-refractivity contribution in [2.24, 2.45) is 0 Å². The van der Waals surface area contributed by atoms with Crippen molar-refractivity contribution in [3.05, 3.63) is 41.1 Å². The molecule has 1 aromatic heterocycles. The van der Waals surface area contributed by atoms with Crippen molar-refractivity contribution in [2.75, 3.05) is 11.8 Å². The first-order valence-corrected chi connectivity index (χ1v) is 7.43. The van der Waals surface area contributed by atoms with Gasteiger partial charge in [0, 0.05) is 4.47 Å². The van der Waals surface area contributed by atoms with Crippen LogP contribution in [0, 0.1) is 0 Å². The summed E-state index contributed by atoms with van der Waals surface area (Å²) in [6, 6.07) is 6.25. The predicted molar refractivity (Wildman–Crippen MR) is 73.5 cm³/mol. The summed E-state index contributed by atoms with van der Waals surface area (Å²) in [5, 5.41) is 0. The summed E-state index contributed by atoms with van der Waals surface area (Å²) in [5.74, 6) is 0.440. The zero-order valence-corrected chi connectivity index (χ0v) is 12.3. The van der Waals surface area contributed by atoms with Gasteiger partial charge in [-0.1, -0.05) is 15.9 Å². The molecule has 0 spiro atoms. The quantitative estimate of drug-likeness (QED) is 0.918. The fourth-order valence-corrected chi connectivity index (χ4v) is 2.49. The van der Waals surface area contributed by atoms with Gasteiger partial charge >= 0.3 is 0 Å². The molecule has 2 aromatic rings. The van der Waals surface area contributed by atoms with Crippen LogP contribution in [-0.2, 0) is 10.0 Å². The third-order valence-corrected chi connectivity index (χ3v) is 4.09. The second kappa shape index (κ2) is 5.54. The molecule has 0 atom stereocenters. The van der Waals surface area contributed by atoms with Gasteiger partial charge in [-0.25, -0.2) is 23.1 Å². The minimum absolute atomic E-state index is 0.0104. The Morgan fingerprint density at radius 3 is 2.26 bits per heavy atom. The molecule has 0 unspecified atom stereocenters. The molecule has 6 nitrogen and oxygen atoms in total. The van der Waals surface area contributed by atoms with Crippen LogP contribution in [0.15, 0.2) is 46.0 Å². The molecule has 19 heavy (non-hydrogen) atoms. The molecule has 0 bridgehead atoms. The molecule has 8 heteroatoms. The Balaban J connectivity index is 2.23. The number of methoxy groups -OCH3 is 1. The highest BCUT2D eigenvalue weighted by molar-refractivity contribution is 9.10. The first-order valence-electron chi connectivity index (χ1n) is 5.16. The molecular weight excluding hydrogens is 334 g/mol. The number of ether oxygens (including phenoxy) is 1. The Labute approximate surface area is 119 Å². The molecule has 2 rings (SSSR count). The van der Waals surface area contributed by atoms with Gasteiger partial charge in [0.1, 0.15) is 0 Å². The van der Waals surface area contributed by atoms with E-state index in [1.54, 1.807) is 12.1 Å². The zero-order valence-electron chi connectivity index (χ0n) is 9.87. The van der Waals surface area contributed by atoms with Crippen molar-refractivity contribution in [3.63, 3.8) is 0 Å². The summed E-state index contributed by atoms with van der Waals surface area (Å²) < 4.78 is 32.0. The van der Waals surface area contributed by atoms with Crippen LogP contribution in [-0.4, -0.2) is 25.5 Å². The van der Waals surface area contributed by atoms with Crippen LogP contribution in [0.5, 0.6) is 5.75 Å². The first-order chi connectivity index (χ1) is 9.01. The topological polar surface area (TPSA) is 81.2 Å². The predicted octanol–water partition coefficient (Wildman–Crippen LogP) is 2.05. The standard InChI is InChI=1S/C11H10BrN3O3S/c1-18-9-6-13-11(14-7-9)15-19(16,17)10-4-2-8(12)3-5-10/h2-7H,1H3,(H,13,14,15). The lowest BCUT2D eigenvalue weighted by molar-refractivity contribution is 0.411. The normalized spacial score (nSPS) is 11.1. The van der Waals surface area contributed by atoms with Crippen molar-refractivity contribution < 1.29 is 13.2 Å². The number of nitrogens with one attached hydrogen (secondary N) is 1. The summed E-state index contributed by atoms with van der Waals surface area (Å²) in [6.45, 7) is 0. The average Bonchev–Trinajstić information content (AvgIpc) is 2.40. The second-order valence-electron chi connectivity index (χ2n) is 3.51. The average molecular weight is 344 g/mol. The van der Waals surface area contributed by atoms with Crippen molar-refractivity contribution in [1.29, 1.82) is 0 Å². The molecule has 100 valence electrons. The van der Waals surface area contributed by atoms with Gasteiger partial charge in [0.05, 0.1) is 24.4 Å². The number of benzene rings is 1. The van der Waals surface area contributed by atoms with Gasteiger partial charge in [0.15, 0.2) is 5.75 Å². The highest BCUT2D eigenvalue weighted by Gasteiger charge is 2.15. The minimum atomic E-state index is -3.69. The van der Waals surface area contributed by atoms with E-state index in [1.165, 1.54) is 31.6 Å². The zero-order chi connectivity index (χ0) is 13.9. The number of nitrogens with zero attached hydrogens (tertiary/aromatic N) is 2. The summed E-state index contributed by atoms with van der Waals surface area (Å²) in [4.78, 5) is 7.82. The van der Waals surface area contributed by atoms with E-state index in [1.807, 2.05) is 0 Å². The molecule has 0 aliphatic heterocycles. The van der Waals surface area contributed by atoms with Crippen molar-refractivity contribution in [2.45, 2.75) is 4.90 Å². The van der Waals surface area contributed by atoms with Gasteiger partial charge < -0.3 is 4.74 Å². The molecule has 0 fully saturated rings. The van der Waals surface area contributed by atoms with Gasteiger partial charge in [0.25, 0.3) is 10.0 Å². The van der Waals surface area contributed by atoms with Crippen LogP contribution < -0.4 is 9.46 Å². The van der Waals surface area contributed by atoms with Crippen LogP contribution >= 0.6 is 15.9 Å². The Bertz CT molecular complexity index is 657. The molecular formula is C11H10BrN3O3S. The molecule has 1 heterocycles. The Morgan fingerprint density at radius 1 is 1.16 bits per heavy atom. The van der Waals surface area contributed by atoms with Crippen LogP contribution in [0.4, 0.5) is 5.95 Å². The summed E-state index contributed by atoms with van der Waals surface area (Å²) in [7, 11) is -2.21. The van der Waals surface area contributed by atoms with Crippen molar-refractivity contribution in [1.82, 2.24) is 9.97 Å². The monoisotopic (exact) mass is 343 g/mol. The minimum Gasteiger partial charge on any atom is -0.494 e. The lowest BCUT2D eigenvalue weighted by Crippen LogP contribution is -2.14. The van der Waals surface area contributed by atoms with Crippen LogP contribution in [0.3, 0.4) is 0 Å². The number of rotatable bonds is 4. The molecule has 0 aliphatic rings. The molecule has 0 aliphatic carbocycles. The maximum atomic E-state index is 12.0. The third-order valence-electron chi connectivity index (χ3n) is 2.21. The molecule has 0 saturated heterocycles. The number of halogens is 1. The molecule has 0 amide bonds. The Kier molecular flexibility index (Phi) is 4.01. The second-order valence-corrected chi connectivity index (χ2v) is 6.10. The largest absolute Gasteiger partial charge is 0.494 e. The smallest absolute Gasteiger partial charge is 0.264 e. The number of aromatic nitrogens is 2. The van der Waals surface area contributed by atoms with E-state index >= 15 is 0 Å². The number of hydrogen-bond donors (Lipinski definition) is 1. The molecule has 1 aromatic carbocycles. The van der Waals surface area contributed by atoms with E-state index in [2.05, 4.69) is 30.6 Å². The Hall–Kier alpha value is -1.67. The lowest BCUT2D eigenvalue weighted by Gasteiger charge is -2.06. The van der Waals surface area contributed by atoms with Crippen LogP contribution in [0.25, 0.3) is 0 Å². The van der Waals surface area contributed by atoms with E-state index < -0.39 is 10.0 Å². The fraction of sp³-hybridized carbons (Fsp3) is 0.0909. The van der Waals surface area contributed by atoms with Gasteiger partial charge in [-0.15, -0.1) is 0 Å². The molecule has 0 radical (unpaired) electrons. The highest BCUT2D eigenvalue weighted by atomic mass is 79.9. The number of hydrogen-bond acceptors (Lipinski definition) is 5. The first kappa shape index (κ1) is 13.8. The number of sulfonamides is 1. The van der Waals surface area contributed by atoms with E-state index in [0.717, 1.165) is 4.47 Å². The Morgan fingerprint density at radius 2 is 1.74 bits per heavy atom. The van der Waals surface area contributed by atoms with E-state index in [9.17, 15) is 8.42 Å². The van der Waals surface area contributed by atoms with Crippen molar-refractivity contribution in [3.8, 4) is 5.75 Å². The van der Waals surface area contributed by atoms with Gasteiger partial charge in [-0.05, 0) is 24.3 Å². The summed E-state index contributed by atoms with van der Waals surface area (Å²) >= 11 is 3.24. The van der Waals surface area contributed by atoms with Gasteiger partial charge in [-0.2, -0.15) is 0 Å². The third kappa shape index (κ3) is 3.42. The lowest BCUT2D eigenvalue weighted by atomic mass is 10.4. The van der Waals surface area contributed by atoms with Crippen LogP contribution in [0.1, 0.15) is 0 Å². The summed E-state index contributed by atoms with van der Waals surface area (Å²) in [6.07, 6.45) is 2.76. The maximum absolute atomic E-state index is 12.0. The van der Waals surface area contributed by atoms with Crippen molar-refractivity contribution >= 4 is 31.9 Å². The van der Waals surface area contributed by atoms with Gasteiger partial charge in [-0.3, -0.25) is 0 Å². The van der Waals surface area contributed by atoms with Crippen LogP contribution in [0.2, 0.25) is 0 Å². The molecule has 0 saturated carbocycles. The van der Waals surface area contributed by atoms with E-state index in [-0.39, 0.29) is 10.8 Å². The fourth-order valence-electron chi connectivity index (χ4n) is 1.27. The number of anilines is 1. The maximum Gasteiger partial charge on any atom is 0.264 e. The van der Waals surface area contributed by atoms with E-state index in [4.69, 9.17) is 4.74 Å². The SMILES string of the molecule is COc1cnc(NS(=O)(=O)c2ccc(Br)cc2)nc1. The van der Waals surface area contributed by atoms with Gasteiger partial charge in [0.2, 0.25) is 5.95 Å². The molecule has 1 N–H and O–H groups in total. The van der Waals surface area contributed by atoms with E-state index in [0.29, 0.717) is 5.75 Å².